The molecule has 0 radical (unpaired) electrons. The van der Waals surface area contributed by atoms with E-state index in [1.807, 2.05) is 0 Å². The van der Waals surface area contributed by atoms with Crippen LogP contribution in [0.4, 0.5) is 0 Å². The normalized spacial score (nSPS) is 18.2. The average molecular weight is 643 g/mol. The molecule has 202 valence electrons. The van der Waals surface area contributed by atoms with E-state index >= 15 is 0 Å². The summed E-state index contributed by atoms with van der Waals surface area (Å²) in [5, 5.41) is 0. The van der Waals surface area contributed by atoms with Crippen LogP contribution in [0.2, 0.25) is 0 Å². The van der Waals surface area contributed by atoms with Crippen molar-refractivity contribution in [3.63, 3.8) is 0 Å². The molecule has 2 aliphatic carbocycles. The molecule has 0 saturated carbocycles. The first kappa shape index (κ1) is 27.8. The second-order valence-electron chi connectivity index (χ2n) is 12.1. The first-order valence-electron chi connectivity index (χ1n) is 14.1. The van der Waals surface area contributed by atoms with Gasteiger partial charge in [-0.3, -0.25) is 0 Å². The summed E-state index contributed by atoms with van der Waals surface area (Å²) in [4.78, 5) is 0. The van der Waals surface area contributed by atoms with Gasteiger partial charge in [-0.1, -0.05) is 0 Å². The molecule has 40 heavy (non-hydrogen) atoms. The van der Waals surface area contributed by atoms with Gasteiger partial charge in [0.25, 0.3) is 0 Å². The summed E-state index contributed by atoms with van der Waals surface area (Å²) in [5.41, 5.74) is 15.1. The zero-order valence-electron chi connectivity index (χ0n) is 24.1. The molecule has 0 heterocycles. The molecule has 2 unspecified atom stereocenters. The molecule has 0 nitrogen and oxygen atoms in total. The summed E-state index contributed by atoms with van der Waals surface area (Å²) in [6, 6.07) is 31.0. The molecule has 3 heteroatoms. The molecule has 0 aliphatic heterocycles. The van der Waals surface area contributed by atoms with Crippen LogP contribution in [0.5, 0.6) is 0 Å². The van der Waals surface area contributed by atoms with Gasteiger partial charge >= 0.3 is 249 Å². The third-order valence-corrected chi connectivity index (χ3v) is 32.6. The molecule has 0 N–H and O–H groups in total. The molecule has 2 aliphatic rings. The zero-order chi connectivity index (χ0) is 28.4. The SMILES string of the molecule is CC1=Cc2c(-c3ccc(C)cc3)cccc2[CH]1[Zr]([Cl])([Cl])(=[C](C)C)[CH]1C(C)=Cc2c(-c3ccc(C)cc3)cccc21. The van der Waals surface area contributed by atoms with E-state index in [1.165, 1.54) is 70.0 Å². The van der Waals surface area contributed by atoms with Gasteiger partial charge < -0.3 is 0 Å². The number of fused-ring (bicyclic) bond motifs is 2. The fourth-order valence-corrected chi connectivity index (χ4v) is 26.3. The van der Waals surface area contributed by atoms with Gasteiger partial charge in [-0.05, 0) is 0 Å². The third kappa shape index (κ3) is 4.15. The van der Waals surface area contributed by atoms with Crippen LogP contribution in [-0.4, -0.2) is 3.21 Å². The van der Waals surface area contributed by atoms with E-state index in [2.05, 4.69) is 139 Å². The van der Waals surface area contributed by atoms with Crippen molar-refractivity contribution in [3.8, 4) is 22.3 Å². The van der Waals surface area contributed by atoms with E-state index in [9.17, 15) is 0 Å². The Balaban J connectivity index is 1.56. The molecule has 4 aromatic carbocycles. The van der Waals surface area contributed by atoms with Gasteiger partial charge in [0.05, 0.1) is 0 Å². The number of rotatable bonds is 4. The second-order valence-corrected chi connectivity index (χ2v) is 33.9. The molecule has 0 bridgehead atoms. The Morgan fingerprint density at radius 3 is 1.27 bits per heavy atom. The number of benzene rings is 4. The van der Waals surface area contributed by atoms with Crippen LogP contribution < -0.4 is 0 Å². The third-order valence-electron chi connectivity index (χ3n) is 9.30. The van der Waals surface area contributed by atoms with Gasteiger partial charge in [-0.25, -0.2) is 0 Å². The molecular weight excluding hydrogens is 607 g/mol. The van der Waals surface area contributed by atoms with Crippen molar-refractivity contribution in [3.05, 3.63) is 129 Å². The average Bonchev–Trinajstić information content (AvgIpc) is 3.46. The Kier molecular flexibility index (Phi) is 6.90. The van der Waals surface area contributed by atoms with Crippen molar-refractivity contribution < 1.29 is 15.9 Å². The second kappa shape index (κ2) is 9.91. The van der Waals surface area contributed by atoms with Gasteiger partial charge in [0, 0.05) is 0 Å². The Bertz CT molecular complexity index is 1670. The molecule has 6 rings (SSSR count). The topological polar surface area (TPSA) is 0 Å². The van der Waals surface area contributed by atoms with Crippen LogP contribution in [0.25, 0.3) is 34.4 Å². The molecule has 0 amide bonds. The van der Waals surface area contributed by atoms with Gasteiger partial charge in [-0.2, -0.15) is 0 Å². The van der Waals surface area contributed by atoms with Crippen molar-refractivity contribution >= 4 is 32.4 Å². The molecular formula is C37H36Cl2Zr. The van der Waals surface area contributed by atoms with E-state index in [4.69, 9.17) is 17.0 Å². The Morgan fingerprint density at radius 1 is 0.550 bits per heavy atom. The standard InChI is InChI=1S/2C17H15.C3H6.2ClH.Zr/c2*1-12-6-8-14(9-7-12)16-5-3-4-15-10-13(2)11-17(15)16;1-3-2;;;/h2*3-11H,1-2H3;1-2H3;2*1H;/q;;;;;+2/p-2. The van der Waals surface area contributed by atoms with Crippen molar-refractivity contribution in [1.29, 1.82) is 0 Å². The Labute approximate surface area is 247 Å². The van der Waals surface area contributed by atoms with Crippen LogP contribution in [0, 0.1) is 13.8 Å². The molecule has 0 saturated heterocycles. The summed E-state index contributed by atoms with van der Waals surface area (Å²) in [5.74, 6) is 0. The summed E-state index contributed by atoms with van der Waals surface area (Å²) in [6.45, 7) is 13.1. The van der Waals surface area contributed by atoms with E-state index in [-0.39, 0.29) is 7.25 Å². The van der Waals surface area contributed by atoms with E-state index < -0.39 is 15.9 Å². The molecule has 0 fully saturated rings. The fourth-order valence-electron chi connectivity index (χ4n) is 7.22. The van der Waals surface area contributed by atoms with E-state index in [1.54, 1.807) is 0 Å². The number of allylic oxidation sites excluding steroid dienone is 2. The maximum absolute atomic E-state index is 8.28. The van der Waals surface area contributed by atoms with Crippen LogP contribution in [0.1, 0.15) is 68.3 Å². The van der Waals surface area contributed by atoms with Crippen LogP contribution in [0.15, 0.2) is 96.1 Å². The molecule has 0 spiro atoms. The van der Waals surface area contributed by atoms with Crippen molar-refractivity contribution in [1.82, 2.24) is 0 Å². The van der Waals surface area contributed by atoms with Crippen molar-refractivity contribution in [2.24, 2.45) is 0 Å². The Morgan fingerprint density at radius 2 is 0.925 bits per heavy atom. The van der Waals surface area contributed by atoms with Gasteiger partial charge in [-0.15, -0.1) is 0 Å². The van der Waals surface area contributed by atoms with Crippen LogP contribution >= 0.6 is 17.0 Å². The van der Waals surface area contributed by atoms with Crippen molar-refractivity contribution in [2.75, 3.05) is 0 Å². The van der Waals surface area contributed by atoms with Crippen LogP contribution in [0.3, 0.4) is 0 Å². The minimum atomic E-state index is -4.88. The van der Waals surface area contributed by atoms with Crippen LogP contribution in [-0.2, 0) is 15.9 Å². The van der Waals surface area contributed by atoms with E-state index in [0.717, 1.165) is 0 Å². The van der Waals surface area contributed by atoms with Gasteiger partial charge in [0.15, 0.2) is 0 Å². The maximum atomic E-state index is 8.28. The summed E-state index contributed by atoms with van der Waals surface area (Å²) >= 11 is -4.88. The summed E-state index contributed by atoms with van der Waals surface area (Å²) < 4.78 is 1.23. The minimum absolute atomic E-state index is 0.0116. The molecule has 4 aromatic rings. The summed E-state index contributed by atoms with van der Waals surface area (Å²) in [6.07, 6.45) is 4.71. The first-order valence-corrected chi connectivity index (χ1v) is 24.5. The number of hydrogen-bond donors (Lipinski definition) is 0. The van der Waals surface area contributed by atoms with Gasteiger partial charge in [0.1, 0.15) is 0 Å². The van der Waals surface area contributed by atoms with Crippen molar-refractivity contribution in [2.45, 2.75) is 48.8 Å². The Hall–Kier alpha value is -2.31. The predicted molar refractivity (Wildman–Crippen MR) is 174 cm³/mol. The molecule has 0 aromatic heterocycles. The van der Waals surface area contributed by atoms with Gasteiger partial charge in [0.2, 0.25) is 0 Å². The van der Waals surface area contributed by atoms with E-state index in [0.29, 0.717) is 0 Å². The zero-order valence-corrected chi connectivity index (χ0v) is 28.1. The number of aryl methyl sites for hydroxylation is 2. The monoisotopic (exact) mass is 640 g/mol. The number of halogens is 2. The fraction of sp³-hybridized carbons (Fsp3) is 0.216. The first-order chi connectivity index (χ1) is 19.0. The number of hydrogen-bond acceptors (Lipinski definition) is 0. The predicted octanol–water partition coefficient (Wildman–Crippen LogP) is 11.5. The molecule has 2 atom stereocenters. The quantitative estimate of drug-likeness (QED) is 0.208. The summed E-state index contributed by atoms with van der Waals surface area (Å²) in [7, 11) is 16.6.